The number of nitrogens with zero attached hydrogens (tertiary/aromatic N) is 1. The minimum absolute atomic E-state index is 0.0509. The normalized spacial score (nSPS) is 8.36. The summed E-state index contributed by atoms with van der Waals surface area (Å²) in [7, 11) is 0. The zero-order chi connectivity index (χ0) is 8.85. The van der Waals surface area contributed by atoms with Crippen molar-refractivity contribution in [2.45, 2.75) is 13.8 Å². The van der Waals surface area contributed by atoms with Gasteiger partial charge in [-0.3, -0.25) is 4.79 Å². The zero-order valence-corrected chi connectivity index (χ0v) is 7.70. The van der Waals surface area contributed by atoms with Crippen LogP contribution in [-0.2, 0) is 0 Å². The Morgan fingerprint density at radius 1 is 1.45 bits per heavy atom. The third-order valence-electron chi connectivity index (χ3n) is 0.727. The predicted octanol–water partition coefficient (Wildman–Crippen LogP) is 2.10. The molecule has 0 unspecified atom stereocenters. The van der Waals surface area contributed by atoms with Crippen LogP contribution in [0.1, 0.15) is 13.8 Å². The van der Waals surface area contributed by atoms with Gasteiger partial charge in [0.25, 0.3) is 5.56 Å². The van der Waals surface area contributed by atoms with E-state index in [4.69, 9.17) is 23.2 Å². The van der Waals surface area contributed by atoms with E-state index in [0.29, 0.717) is 0 Å². The summed E-state index contributed by atoms with van der Waals surface area (Å²) in [4.78, 5) is 10.5. The quantitative estimate of drug-likeness (QED) is 0.688. The van der Waals surface area contributed by atoms with Crippen molar-refractivity contribution in [3.05, 3.63) is 26.6 Å². The van der Waals surface area contributed by atoms with Crippen molar-refractivity contribution in [2.24, 2.45) is 0 Å². The Hall–Kier alpha value is -0.540. The van der Waals surface area contributed by atoms with E-state index in [2.05, 4.69) is 10.2 Å². The Morgan fingerprint density at radius 2 is 2.00 bits per heavy atom. The summed E-state index contributed by atoms with van der Waals surface area (Å²) in [6.45, 7) is 4.00. The van der Waals surface area contributed by atoms with E-state index in [1.165, 1.54) is 6.07 Å². The molecular weight excluding hydrogens is 187 g/mol. The molecule has 1 rings (SSSR count). The van der Waals surface area contributed by atoms with Crippen LogP contribution in [0.3, 0.4) is 0 Å². The molecule has 1 aromatic heterocycles. The summed E-state index contributed by atoms with van der Waals surface area (Å²) in [6, 6.07) is 1.28. The largest absolute Gasteiger partial charge is 0.283 e. The number of rotatable bonds is 0. The molecule has 0 saturated heterocycles. The summed E-state index contributed by atoms with van der Waals surface area (Å²) < 4.78 is 0. The molecule has 0 saturated carbocycles. The average molecular weight is 195 g/mol. The molecule has 0 atom stereocenters. The second kappa shape index (κ2) is 5.16. The fraction of sp³-hybridized carbons (Fsp3) is 0.333. The van der Waals surface area contributed by atoms with Crippen molar-refractivity contribution in [2.75, 3.05) is 0 Å². The molecule has 0 aliphatic heterocycles. The lowest BCUT2D eigenvalue weighted by Gasteiger charge is -1.86. The monoisotopic (exact) mass is 194 g/mol. The number of hydrogen-bond acceptors (Lipinski definition) is 2. The van der Waals surface area contributed by atoms with Crippen molar-refractivity contribution in [3.8, 4) is 0 Å². The minimum Gasteiger partial charge on any atom is -0.266 e. The van der Waals surface area contributed by atoms with Crippen LogP contribution in [0.5, 0.6) is 0 Å². The maximum absolute atomic E-state index is 10.5. The molecule has 0 fully saturated rings. The molecule has 0 aliphatic carbocycles. The molecule has 1 N–H and O–H groups in total. The summed E-state index contributed by atoms with van der Waals surface area (Å²) in [6.07, 6.45) is 0. The Bertz CT molecular complexity index is 272. The highest BCUT2D eigenvalue weighted by molar-refractivity contribution is 6.33. The van der Waals surface area contributed by atoms with Crippen LogP contribution in [0, 0.1) is 0 Å². The maximum atomic E-state index is 10.5. The van der Waals surface area contributed by atoms with E-state index in [1.807, 2.05) is 13.8 Å². The first-order valence-corrected chi connectivity index (χ1v) is 3.86. The minimum atomic E-state index is -0.430. The summed E-state index contributed by atoms with van der Waals surface area (Å²) in [5.41, 5.74) is -0.430. The second-order valence-corrected chi connectivity index (χ2v) is 2.16. The van der Waals surface area contributed by atoms with Crippen molar-refractivity contribution in [3.63, 3.8) is 0 Å². The van der Waals surface area contributed by atoms with Crippen molar-refractivity contribution in [1.29, 1.82) is 0 Å². The van der Waals surface area contributed by atoms with Crippen LogP contribution in [0.2, 0.25) is 10.2 Å². The molecule has 0 bridgehead atoms. The average Bonchev–Trinajstić information content (AvgIpc) is 2.02. The molecule has 11 heavy (non-hydrogen) atoms. The van der Waals surface area contributed by atoms with Gasteiger partial charge in [0, 0.05) is 6.07 Å². The van der Waals surface area contributed by atoms with Gasteiger partial charge in [0.1, 0.15) is 5.02 Å². The topological polar surface area (TPSA) is 45.8 Å². The van der Waals surface area contributed by atoms with Crippen molar-refractivity contribution >= 4 is 23.2 Å². The lowest BCUT2D eigenvalue weighted by atomic mass is 10.6. The maximum Gasteiger partial charge on any atom is 0.283 e. The van der Waals surface area contributed by atoms with E-state index in [9.17, 15) is 4.79 Å². The number of hydrogen-bond donors (Lipinski definition) is 1. The SMILES string of the molecule is CC.O=c1[nH]nc(Cl)cc1Cl. The lowest BCUT2D eigenvalue weighted by Crippen LogP contribution is -2.06. The third-order valence-corrected chi connectivity index (χ3v) is 1.20. The van der Waals surface area contributed by atoms with Crippen LogP contribution in [0.25, 0.3) is 0 Å². The van der Waals surface area contributed by atoms with Crippen molar-refractivity contribution < 1.29 is 0 Å². The van der Waals surface area contributed by atoms with E-state index in [1.54, 1.807) is 0 Å². The first-order chi connectivity index (χ1) is 5.20. The summed E-state index contributed by atoms with van der Waals surface area (Å²) in [5.74, 6) is 0. The van der Waals surface area contributed by atoms with Gasteiger partial charge < -0.3 is 0 Å². The van der Waals surface area contributed by atoms with Gasteiger partial charge >= 0.3 is 0 Å². The Labute approximate surface area is 74.3 Å². The molecule has 1 aromatic rings. The Kier molecular flexibility index (Phi) is 4.90. The summed E-state index contributed by atoms with van der Waals surface area (Å²) >= 11 is 10.7. The molecule has 62 valence electrons. The number of aromatic nitrogens is 2. The van der Waals surface area contributed by atoms with Gasteiger partial charge in [-0.1, -0.05) is 37.0 Å². The Balaban J connectivity index is 0.000000461. The molecule has 0 aromatic carbocycles. The second-order valence-electron chi connectivity index (χ2n) is 1.37. The van der Waals surface area contributed by atoms with Gasteiger partial charge in [-0.05, 0) is 0 Å². The van der Waals surface area contributed by atoms with Crippen LogP contribution >= 0.6 is 23.2 Å². The number of H-pyrrole nitrogens is 1. The summed E-state index contributed by atoms with van der Waals surface area (Å²) in [5, 5.41) is 5.71. The van der Waals surface area contributed by atoms with Gasteiger partial charge in [0.15, 0.2) is 5.15 Å². The first kappa shape index (κ1) is 10.5. The van der Waals surface area contributed by atoms with Gasteiger partial charge in [0.05, 0.1) is 0 Å². The highest BCUT2D eigenvalue weighted by Crippen LogP contribution is 2.05. The van der Waals surface area contributed by atoms with Crippen molar-refractivity contribution in [1.82, 2.24) is 10.2 Å². The molecule has 1 heterocycles. The van der Waals surface area contributed by atoms with Gasteiger partial charge in [-0.2, -0.15) is 5.10 Å². The number of aromatic amines is 1. The van der Waals surface area contributed by atoms with Crippen LogP contribution in [0.15, 0.2) is 10.9 Å². The van der Waals surface area contributed by atoms with Gasteiger partial charge in [-0.15, -0.1) is 0 Å². The Morgan fingerprint density at radius 3 is 2.36 bits per heavy atom. The first-order valence-electron chi connectivity index (χ1n) is 3.11. The van der Waals surface area contributed by atoms with E-state index in [0.717, 1.165) is 0 Å². The van der Waals surface area contributed by atoms with E-state index in [-0.39, 0.29) is 10.2 Å². The fourth-order valence-corrected chi connectivity index (χ4v) is 0.713. The van der Waals surface area contributed by atoms with E-state index < -0.39 is 5.56 Å². The lowest BCUT2D eigenvalue weighted by molar-refractivity contribution is 0.989. The molecule has 3 nitrogen and oxygen atoms in total. The molecule has 0 radical (unpaired) electrons. The van der Waals surface area contributed by atoms with E-state index >= 15 is 0 Å². The highest BCUT2D eigenvalue weighted by Gasteiger charge is 1.94. The molecule has 5 heteroatoms. The van der Waals surface area contributed by atoms with Gasteiger partial charge in [-0.25, -0.2) is 5.10 Å². The number of nitrogens with one attached hydrogen (secondary N) is 1. The fourth-order valence-electron chi connectivity index (χ4n) is 0.360. The van der Waals surface area contributed by atoms with Crippen LogP contribution < -0.4 is 5.56 Å². The highest BCUT2D eigenvalue weighted by atomic mass is 35.5. The molecular formula is C6H8Cl2N2O. The predicted molar refractivity (Wildman–Crippen MR) is 46.2 cm³/mol. The zero-order valence-electron chi connectivity index (χ0n) is 6.19. The van der Waals surface area contributed by atoms with Crippen LogP contribution in [0.4, 0.5) is 0 Å². The third kappa shape index (κ3) is 3.39. The smallest absolute Gasteiger partial charge is 0.266 e. The standard InChI is InChI=1S/C4H2Cl2N2O.C2H6/c5-2-1-3(6)7-8-4(2)9;1-2/h1H,(H,8,9);1-2H3. The molecule has 0 aliphatic rings. The van der Waals surface area contributed by atoms with Gasteiger partial charge in [0.2, 0.25) is 0 Å². The number of halogens is 2. The van der Waals surface area contributed by atoms with Crippen LogP contribution in [-0.4, -0.2) is 10.2 Å². The molecule has 0 amide bonds. The molecule has 0 spiro atoms.